The summed E-state index contributed by atoms with van der Waals surface area (Å²) < 4.78 is 37.8. The Kier molecular flexibility index (Phi) is 4.48. The molecular weight excluding hydrogens is 269 g/mol. The maximum absolute atomic E-state index is 12.6. The normalized spacial score (nSPS) is 28.1. The summed E-state index contributed by atoms with van der Waals surface area (Å²) in [6.07, 6.45) is -0.358. The van der Waals surface area contributed by atoms with Crippen molar-refractivity contribution < 1.29 is 23.1 Å². The maximum Gasteiger partial charge on any atom is 0.416 e. The first-order valence-corrected chi connectivity index (χ1v) is 5.98. The molecule has 0 fully saturated rings. The smallest absolute Gasteiger partial charge is 0.416 e. The molecule has 0 aliphatic heterocycles. The molecule has 2 unspecified atom stereocenters. The van der Waals surface area contributed by atoms with Gasteiger partial charge in [-0.15, -0.1) is 11.6 Å². The van der Waals surface area contributed by atoms with Crippen LogP contribution in [0.4, 0.5) is 13.2 Å². The van der Waals surface area contributed by atoms with E-state index in [9.17, 15) is 18.0 Å². The average molecular weight is 283 g/mol. The van der Waals surface area contributed by atoms with Crippen molar-refractivity contribution in [2.75, 3.05) is 0 Å². The molecule has 1 rings (SSSR count). The van der Waals surface area contributed by atoms with Crippen molar-refractivity contribution >= 4 is 17.6 Å². The second-order valence-electron chi connectivity index (χ2n) is 4.30. The van der Waals surface area contributed by atoms with Crippen molar-refractivity contribution in [1.82, 2.24) is 0 Å². The van der Waals surface area contributed by atoms with Crippen LogP contribution in [0.15, 0.2) is 23.8 Å². The van der Waals surface area contributed by atoms with E-state index in [1.165, 1.54) is 0 Å². The number of hydrogen-bond donors (Lipinski definition) is 1. The van der Waals surface area contributed by atoms with Crippen molar-refractivity contribution in [3.05, 3.63) is 23.8 Å². The van der Waals surface area contributed by atoms with Crippen LogP contribution in [0.2, 0.25) is 0 Å². The number of carbonyl (C=O) groups is 1. The van der Waals surface area contributed by atoms with Gasteiger partial charge in [-0.05, 0) is 6.42 Å². The van der Waals surface area contributed by atoms with E-state index in [1.54, 1.807) is 0 Å². The minimum absolute atomic E-state index is 0.200. The largest absolute Gasteiger partial charge is 0.481 e. The summed E-state index contributed by atoms with van der Waals surface area (Å²) in [5.41, 5.74) is -0.883. The maximum atomic E-state index is 12.6. The molecule has 0 aromatic heterocycles. The fraction of sp³-hybridized carbons (Fsp3) is 0.583. The van der Waals surface area contributed by atoms with Gasteiger partial charge in [0, 0.05) is 0 Å². The topological polar surface area (TPSA) is 37.3 Å². The van der Waals surface area contributed by atoms with Crippen LogP contribution in [0, 0.1) is 5.92 Å². The SMILES string of the molecule is CCCCC1(Cl)C=C(C(F)(F)F)C=CC1C(=O)O. The van der Waals surface area contributed by atoms with Crippen molar-refractivity contribution in [3.8, 4) is 0 Å². The minimum Gasteiger partial charge on any atom is -0.481 e. The lowest BCUT2D eigenvalue weighted by atomic mass is 9.81. The Labute approximate surface area is 108 Å². The molecule has 0 spiro atoms. The minimum atomic E-state index is -4.51. The number of aliphatic carboxylic acids is 1. The summed E-state index contributed by atoms with van der Waals surface area (Å²) in [6, 6.07) is 0. The molecule has 0 aromatic rings. The molecule has 2 atom stereocenters. The van der Waals surface area contributed by atoms with Crippen molar-refractivity contribution in [2.45, 2.75) is 37.2 Å². The van der Waals surface area contributed by atoms with Crippen LogP contribution in [0.25, 0.3) is 0 Å². The van der Waals surface area contributed by atoms with Gasteiger partial charge >= 0.3 is 12.1 Å². The monoisotopic (exact) mass is 282 g/mol. The lowest BCUT2D eigenvalue weighted by Gasteiger charge is -2.32. The third kappa shape index (κ3) is 3.28. The first kappa shape index (κ1) is 15.1. The van der Waals surface area contributed by atoms with Crippen LogP contribution in [0.3, 0.4) is 0 Å². The average Bonchev–Trinajstić information content (AvgIpc) is 2.24. The van der Waals surface area contributed by atoms with E-state index < -0.39 is 28.5 Å². The number of carboxylic acid groups (broad SMARTS) is 1. The zero-order chi connectivity index (χ0) is 14.0. The van der Waals surface area contributed by atoms with E-state index in [0.29, 0.717) is 6.42 Å². The number of alkyl halides is 4. The Morgan fingerprint density at radius 1 is 1.56 bits per heavy atom. The number of rotatable bonds is 4. The molecule has 1 aliphatic rings. The van der Waals surface area contributed by atoms with Gasteiger partial charge in [-0.1, -0.05) is 38.0 Å². The van der Waals surface area contributed by atoms with Gasteiger partial charge < -0.3 is 5.11 Å². The lowest BCUT2D eigenvalue weighted by Crippen LogP contribution is -2.37. The second-order valence-corrected chi connectivity index (χ2v) is 5.01. The molecule has 102 valence electrons. The quantitative estimate of drug-likeness (QED) is 0.794. The molecule has 0 amide bonds. The Morgan fingerprint density at radius 2 is 2.17 bits per heavy atom. The highest BCUT2D eigenvalue weighted by Gasteiger charge is 2.44. The van der Waals surface area contributed by atoms with E-state index in [4.69, 9.17) is 16.7 Å². The molecule has 0 bridgehead atoms. The molecular formula is C12H14ClF3O2. The van der Waals surface area contributed by atoms with Crippen molar-refractivity contribution in [3.63, 3.8) is 0 Å². The highest BCUT2D eigenvalue weighted by atomic mass is 35.5. The van der Waals surface area contributed by atoms with E-state index >= 15 is 0 Å². The third-order valence-electron chi connectivity index (χ3n) is 2.89. The van der Waals surface area contributed by atoms with Crippen molar-refractivity contribution in [2.24, 2.45) is 5.92 Å². The predicted octanol–water partition coefficient (Wildman–Crippen LogP) is 3.91. The molecule has 0 saturated heterocycles. The molecule has 0 aromatic carbocycles. The number of unbranched alkanes of at least 4 members (excludes halogenated alkanes) is 1. The fourth-order valence-electron chi connectivity index (χ4n) is 1.90. The molecule has 0 saturated carbocycles. The number of carboxylic acids is 1. The van der Waals surface area contributed by atoms with Crippen LogP contribution < -0.4 is 0 Å². The lowest BCUT2D eigenvalue weighted by molar-refractivity contribution is -0.141. The highest BCUT2D eigenvalue weighted by molar-refractivity contribution is 6.27. The number of hydrogen-bond acceptors (Lipinski definition) is 1. The molecule has 1 N–H and O–H groups in total. The first-order valence-electron chi connectivity index (χ1n) is 5.60. The van der Waals surface area contributed by atoms with Gasteiger partial charge in [-0.25, -0.2) is 0 Å². The van der Waals surface area contributed by atoms with Gasteiger partial charge in [-0.3, -0.25) is 4.79 Å². The Bertz CT molecular complexity index is 387. The Hall–Kier alpha value is -0.970. The standard InChI is InChI=1S/C12H14ClF3O2/c1-2-3-6-11(13)7-8(12(14,15)16)4-5-9(11)10(17)18/h4-5,7,9H,2-3,6H2,1H3,(H,17,18). The van der Waals surface area contributed by atoms with E-state index in [1.807, 2.05) is 6.92 Å². The molecule has 6 heteroatoms. The van der Waals surface area contributed by atoms with Gasteiger partial charge in [0.25, 0.3) is 0 Å². The van der Waals surface area contributed by atoms with Crippen LogP contribution in [-0.2, 0) is 4.79 Å². The van der Waals surface area contributed by atoms with Gasteiger partial charge in [0.1, 0.15) is 0 Å². The zero-order valence-corrected chi connectivity index (χ0v) is 10.6. The molecule has 0 heterocycles. The van der Waals surface area contributed by atoms with Crippen LogP contribution in [-0.4, -0.2) is 22.1 Å². The van der Waals surface area contributed by atoms with Crippen molar-refractivity contribution in [1.29, 1.82) is 0 Å². The molecule has 18 heavy (non-hydrogen) atoms. The fourth-order valence-corrected chi connectivity index (χ4v) is 2.31. The summed E-state index contributed by atoms with van der Waals surface area (Å²) in [6.45, 7) is 1.86. The second kappa shape index (κ2) is 5.34. The number of halogens is 4. The molecule has 1 aliphatic carbocycles. The third-order valence-corrected chi connectivity index (χ3v) is 3.42. The molecule has 0 radical (unpaired) electrons. The van der Waals surface area contributed by atoms with Gasteiger partial charge in [0.15, 0.2) is 0 Å². The molecule has 2 nitrogen and oxygen atoms in total. The number of allylic oxidation sites excluding steroid dienone is 3. The summed E-state index contributed by atoms with van der Waals surface area (Å²) in [5.74, 6) is -2.34. The van der Waals surface area contributed by atoms with Gasteiger partial charge in [0.05, 0.1) is 16.4 Å². The Balaban J connectivity index is 3.08. The van der Waals surface area contributed by atoms with Crippen LogP contribution in [0.1, 0.15) is 26.2 Å². The first-order chi connectivity index (χ1) is 8.20. The van der Waals surface area contributed by atoms with E-state index in [0.717, 1.165) is 24.6 Å². The summed E-state index contributed by atoms with van der Waals surface area (Å²) in [4.78, 5) is 9.54. The van der Waals surface area contributed by atoms with E-state index in [-0.39, 0.29) is 6.42 Å². The van der Waals surface area contributed by atoms with Gasteiger partial charge in [-0.2, -0.15) is 13.2 Å². The highest BCUT2D eigenvalue weighted by Crippen LogP contribution is 2.42. The summed E-state index contributed by atoms with van der Waals surface area (Å²) in [5, 5.41) is 9.02. The predicted molar refractivity (Wildman–Crippen MR) is 62.5 cm³/mol. The van der Waals surface area contributed by atoms with Crippen LogP contribution in [0.5, 0.6) is 0 Å². The van der Waals surface area contributed by atoms with Gasteiger partial charge in [0.2, 0.25) is 0 Å². The van der Waals surface area contributed by atoms with E-state index in [2.05, 4.69) is 0 Å². The Morgan fingerprint density at radius 3 is 2.61 bits per heavy atom. The van der Waals surface area contributed by atoms with Crippen LogP contribution >= 0.6 is 11.6 Å². The summed E-state index contributed by atoms with van der Waals surface area (Å²) >= 11 is 6.11. The summed E-state index contributed by atoms with van der Waals surface area (Å²) in [7, 11) is 0. The zero-order valence-electron chi connectivity index (χ0n) is 9.80.